The largest absolute Gasteiger partial charge is 0.464 e. The van der Waals surface area contributed by atoms with Crippen LogP contribution >= 0.6 is 0 Å². The molecule has 2 heterocycles. The summed E-state index contributed by atoms with van der Waals surface area (Å²) in [6.07, 6.45) is 1.34. The van der Waals surface area contributed by atoms with Gasteiger partial charge in [-0.25, -0.2) is 4.98 Å². The van der Waals surface area contributed by atoms with E-state index in [2.05, 4.69) is 10.3 Å². The number of aryl methyl sites for hydroxylation is 1. The Balaban J connectivity index is 2.04. The van der Waals surface area contributed by atoms with Crippen LogP contribution in [0.5, 0.6) is 5.88 Å². The van der Waals surface area contributed by atoms with Crippen LogP contribution in [0.4, 0.5) is 0 Å². The van der Waals surface area contributed by atoms with Crippen molar-refractivity contribution in [3.05, 3.63) is 23.9 Å². The fraction of sp³-hybridized carbons (Fsp3) is 0.455. The van der Waals surface area contributed by atoms with Crippen LogP contribution in [-0.2, 0) is 4.79 Å². The number of ether oxygens (including phenoxy) is 1. The molecule has 80 valence electrons. The number of nitrogens with zero attached hydrogens (tertiary/aromatic N) is 1. The van der Waals surface area contributed by atoms with Crippen LogP contribution in [-0.4, -0.2) is 23.5 Å². The number of nitrogens with one attached hydrogen (secondary N) is 1. The van der Waals surface area contributed by atoms with Crippen molar-refractivity contribution in [2.24, 2.45) is 0 Å². The summed E-state index contributed by atoms with van der Waals surface area (Å²) in [4.78, 5) is 15.6. The third-order valence-electron chi connectivity index (χ3n) is 2.36. The van der Waals surface area contributed by atoms with E-state index < -0.39 is 0 Å². The van der Waals surface area contributed by atoms with Crippen molar-refractivity contribution in [3.63, 3.8) is 0 Å². The molecule has 0 aromatic carbocycles. The van der Waals surface area contributed by atoms with Crippen molar-refractivity contribution in [2.45, 2.75) is 25.9 Å². The van der Waals surface area contributed by atoms with Crippen molar-refractivity contribution >= 4 is 5.91 Å². The fourth-order valence-corrected chi connectivity index (χ4v) is 1.59. The van der Waals surface area contributed by atoms with Crippen LogP contribution < -0.4 is 10.1 Å². The number of carbonyl (C=O) groups is 1. The Morgan fingerprint density at radius 3 is 3.13 bits per heavy atom. The van der Waals surface area contributed by atoms with Gasteiger partial charge in [-0.05, 0) is 25.8 Å². The first-order chi connectivity index (χ1) is 7.25. The van der Waals surface area contributed by atoms with E-state index in [1.165, 1.54) is 0 Å². The predicted octanol–water partition coefficient (Wildman–Crippen LogP) is 1.05. The lowest BCUT2D eigenvalue weighted by molar-refractivity contribution is -0.130. The minimum atomic E-state index is -0.381. The van der Waals surface area contributed by atoms with E-state index in [0.717, 1.165) is 25.1 Å². The van der Waals surface area contributed by atoms with E-state index in [0.29, 0.717) is 5.88 Å². The minimum absolute atomic E-state index is 0.0374. The second-order valence-corrected chi connectivity index (χ2v) is 3.66. The number of piperidine rings is 1. The molecule has 0 bridgehead atoms. The molecule has 1 aromatic rings. The van der Waals surface area contributed by atoms with Crippen LogP contribution in [0.1, 0.15) is 18.5 Å². The van der Waals surface area contributed by atoms with E-state index in [1.807, 2.05) is 19.1 Å². The van der Waals surface area contributed by atoms with E-state index >= 15 is 0 Å². The second kappa shape index (κ2) is 4.29. The Hall–Kier alpha value is -1.58. The average molecular weight is 206 g/mol. The second-order valence-electron chi connectivity index (χ2n) is 3.66. The normalized spacial score (nSPS) is 20.9. The highest BCUT2D eigenvalue weighted by atomic mass is 16.5. The molecular weight excluding hydrogens is 192 g/mol. The maximum atomic E-state index is 11.4. The molecule has 1 amide bonds. The van der Waals surface area contributed by atoms with Gasteiger partial charge in [-0.2, -0.15) is 0 Å². The van der Waals surface area contributed by atoms with Crippen molar-refractivity contribution in [2.75, 3.05) is 6.54 Å². The average Bonchev–Trinajstić information content (AvgIpc) is 2.22. The number of pyridine rings is 1. The molecule has 1 aromatic heterocycles. The monoisotopic (exact) mass is 206 g/mol. The van der Waals surface area contributed by atoms with Crippen molar-refractivity contribution < 1.29 is 9.53 Å². The first-order valence-electron chi connectivity index (χ1n) is 5.14. The zero-order chi connectivity index (χ0) is 10.7. The van der Waals surface area contributed by atoms with Gasteiger partial charge < -0.3 is 10.1 Å². The number of rotatable bonds is 2. The van der Waals surface area contributed by atoms with Gasteiger partial charge in [0.15, 0.2) is 6.10 Å². The first-order valence-corrected chi connectivity index (χ1v) is 5.14. The third-order valence-corrected chi connectivity index (χ3v) is 2.36. The van der Waals surface area contributed by atoms with E-state index in [9.17, 15) is 4.79 Å². The molecule has 15 heavy (non-hydrogen) atoms. The number of hydrogen-bond acceptors (Lipinski definition) is 3. The van der Waals surface area contributed by atoms with Gasteiger partial charge in [-0.15, -0.1) is 0 Å². The number of hydrogen-bond donors (Lipinski definition) is 1. The van der Waals surface area contributed by atoms with Crippen LogP contribution in [0, 0.1) is 6.92 Å². The molecule has 1 unspecified atom stereocenters. The summed E-state index contributed by atoms with van der Waals surface area (Å²) in [6, 6.07) is 5.54. The Labute approximate surface area is 88.7 Å². The fourth-order valence-electron chi connectivity index (χ4n) is 1.59. The molecule has 1 atom stereocenters. The number of aromatic nitrogens is 1. The molecule has 1 aliphatic rings. The summed E-state index contributed by atoms with van der Waals surface area (Å²) in [5.41, 5.74) is 0.892. The first kappa shape index (κ1) is 9.96. The van der Waals surface area contributed by atoms with Crippen LogP contribution in [0.2, 0.25) is 0 Å². The predicted molar refractivity (Wildman–Crippen MR) is 55.6 cm³/mol. The van der Waals surface area contributed by atoms with Crippen molar-refractivity contribution in [3.8, 4) is 5.88 Å². The van der Waals surface area contributed by atoms with Gasteiger partial charge in [0, 0.05) is 18.3 Å². The summed E-state index contributed by atoms with van der Waals surface area (Å²) >= 11 is 0. The number of carbonyl (C=O) groups excluding carboxylic acids is 1. The molecule has 2 rings (SSSR count). The highest BCUT2D eigenvalue weighted by Gasteiger charge is 2.23. The smallest absolute Gasteiger partial charge is 0.261 e. The highest BCUT2D eigenvalue weighted by molar-refractivity contribution is 5.81. The van der Waals surface area contributed by atoms with Gasteiger partial charge in [0.1, 0.15) is 0 Å². The van der Waals surface area contributed by atoms with Gasteiger partial charge in [0.05, 0.1) is 0 Å². The van der Waals surface area contributed by atoms with E-state index in [4.69, 9.17) is 4.74 Å². The van der Waals surface area contributed by atoms with Crippen molar-refractivity contribution in [1.82, 2.24) is 10.3 Å². The van der Waals surface area contributed by atoms with Gasteiger partial charge in [0.2, 0.25) is 5.88 Å². The van der Waals surface area contributed by atoms with E-state index in [-0.39, 0.29) is 12.0 Å². The lowest BCUT2D eigenvalue weighted by atomic mass is 10.1. The molecule has 4 nitrogen and oxygen atoms in total. The quantitative estimate of drug-likeness (QED) is 0.786. The van der Waals surface area contributed by atoms with E-state index in [1.54, 1.807) is 6.07 Å². The summed E-state index contributed by atoms with van der Waals surface area (Å²) < 4.78 is 5.53. The van der Waals surface area contributed by atoms with Crippen LogP contribution in [0.3, 0.4) is 0 Å². The molecule has 1 N–H and O–H groups in total. The standard InChI is InChI=1S/C11H14N2O2/c1-8-4-2-6-10(13-8)15-9-5-3-7-12-11(9)14/h2,4,6,9H,3,5,7H2,1H3,(H,12,14). The zero-order valence-electron chi connectivity index (χ0n) is 8.69. The molecule has 1 aliphatic heterocycles. The minimum Gasteiger partial charge on any atom is -0.464 e. The molecule has 4 heteroatoms. The maximum absolute atomic E-state index is 11.4. The number of amides is 1. The third kappa shape index (κ3) is 2.46. The van der Waals surface area contributed by atoms with Gasteiger partial charge >= 0.3 is 0 Å². The van der Waals surface area contributed by atoms with Gasteiger partial charge in [0.25, 0.3) is 5.91 Å². The topological polar surface area (TPSA) is 51.2 Å². The molecule has 0 radical (unpaired) electrons. The maximum Gasteiger partial charge on any atom is 0.261 e. The molecule has 0 spiro atoms. The Morgan fingerprint density at radius 2 is 2.40 bits per heavy atom. The molecular formula is C11H14N2O2. The summed E-state index contributed by atoms with van der Waals surface area (Å²) in [6.45, 7) is 2.65. The Morgan fingerprint density at radius 1 is 1.53 bits per heavy atom. The highest BCUT2D eigenvalue weighted by Crippen LogP contribution is 2.13. The molecule has 0 aliphatic carbocycles. The Kier molecular flexibility index (Phi) is 2.85. The van der Waals surface area contributed by atoms with Crippen LogP contribution in [0.25, 0.3) is 0 Å². The molecule has 1 saturated heterocycles. The Bertz CT molecular complexity index is 365. The zero-order valence-corrected chi connectivity index (χ0v) is 8.69. The SMILES string of the molecule is Cc1cccc(OC2CCCNC2=O)n1. The summed E-state index contributed by atoms with van der Waals surface area (Å²) in [5, 5.41) is 2.78. The summed E-state index contributed by atoms with van der Waals surface area (Å²) in [5.74, 6) is 0.488. The van der Waals surface area contributed by atoms with Gasteiger partial charge in [-0.1, -0.05) is 6.07 Å². The van der Waals surface area contributed by atoms with Crippen LogP contribution in [0.15, 0.2) is 18.2 Å². The van der Waals surface area contributed by atoms with Crippen molar-refractivity contribution in [1.29, 1.82) is 0 Å². The lowest BCUT2D eigenvalue weighted by Gasteiger charge is -2.22. The molecule has 1 fully saturated rings. The summed E-state index contributed by atoms with van der Waals surface area (Å²) in [7, 11) is 0. The van der Waals surface area contributed by atoms with Gasteiger partial charge in [-0.3, -0.25) is 4.79 Å². The lowest BCUT2D eigenvalue weighted by Crippen LogP contribution is -2.43. The molecule has 0 saturated carbocycles.